The standard InChI is InChI=1S/C15H22ClNO/c1-10(2)12-8-13(11-4-6-17-7-5-11)15(18-3)14(16)9-12/h8-11,17H,4-7H2,1-3H3. The first kappa shape index (κ1) is 13.7. The number of ether oxygens (including phenoxy) is 1. The number of hydrogen-bond donors (Lipinski definition) is 1. The summed E-state index contributed by atoms with van der Waals surface area (Å²) >= 11 is 6.36. The van der Waals surface area contributed by atoms with Crippen LogP contribution in [0.1, 0.15) is 49.7 Å². The molecule has 0 spiro atoms. The van der Waals surface area contributed by atoms with Crippen molar-refractivity contribution in [1.82, 2.24) is 5.32 Å². The van der Waals surface area contributed by atoms with Crippen LogP contribution in [0.25, 0.3) is 0 Å². The van der Waals surface area contributed by atoms with Crippen molar-refractivity contribution in [2.45, 2.75) is 38.5 Å². The third kappa shape index (κ3) is 2.81. The molecular formula is C15H22ClNO. The summed E-state index contributed by atoms with van der Waals surface area (Å²) in [7, 11) is 1.71. The lowest BCUT2D eigenvalue weighted by molar-refractivity contribution is 0.391. The van der Waals surface area contributed by atoms with Crippen molar-refractivity contribution in [3.8, 4) is 5.75 Å². The van der Waals surface area contributed by atoms with Gasteiger partial charge in [0.25, 0.3) is 0 Å². The van der Waals surface area contributed by atoms with Crippen molar-refractivity contribution in [2.75, 3.05) is 20.2 Å². The van der Waals surface area contributed by atoms with E-state index in [0.717, 1.165) is 36.7 Å². The zero-order valence-electron chi connectivity index (χ0n) is 11.4. The maximum absolute atomic E-state index is 6.36. The first-order chi connectivity index (χ1) is 8.63. The van der Waals surface area contributed by atoms with Crippen molar-refractivity contribution >= 4 is 11.6 Å². The lowest BCUT2D eigenvalue weighted by atomic mass is 9.87. The van der Waals surface area contributed by atoms with E-state index >= 15 is 0 Å². The average molecular weight is 268 g/mol. The second-order valence-electron chi connectivity index (χ2n) is 5.30. The third-order valence-electron chi connectivity index (χ3n) is 3.74. The van der Waals surface area contributed by atoms with Crippen molar-refractivity contribution < 1.29 is 4.74 Å². The first-order valence-electron chi connectivity index (χ1n) is 6.71. The molecule has 3 heteroatoms. The van der Waals surface area contributed by atoms with Crippen LogP contribution in [-0.2, 0) is 0 Å². The minimum absolute atomic E-state index is 0.494. The molecule has 0 amide bonds. The van der Waals surface area contributed by atoms with Crippen molar-refractivity contribution in [1.29, 1.82) is 0 Å². The lowest BCUT2D eigenvalue weighted by Gasteiger charge is -2.26. The van der Waals surface area contributed by atoms with E-state index in [1.54, 1.807) is 7.11 Å². The van der Waals surface area contributed by atoms with Gasteiger partial charge in [0.15, 0.2) is 0 Å². The Balaban J connectivity index is 2.41. The van der Waals surface area contributed by atoms with E-state index < -0.39 is 0 Å². The predicted molar refractivity (Wildman–Crippen MR) is 76.9 cm³/mol. The van der Waals surface area contributed by atoms with Gasteiger partial charge >= 0.3 is 0 Å². The zero-order valence-corrected chi connectivity index (χ0v) is 12.2. The molecule has 0 unspecified atom stereocenters. The third-order valence-corrected chi connectivity index (χ3v) is 4.03. The first-order valence-corrected chi connectivity index (χ1v) is 7.09. The quantitative estimate of drug-likeness (QED) is 0.896. The summed E-state index contributed by atoms with van der Waals surface area (Å²) in [5.41, 5.74) is 2.59. The van der Waals surface area contributed by atoms with Gasteiger partial charge in [-0.15, -0.1) is 0 Å². The molecule has 0 aliphatic carbocycles. The van der Waals surface area contributed by atoms with Gasteiger partial charge in [-0.2, -0.15) is 0 Å². The van der Waals surface area contributed by atoms with Crippen LogP contribution in [-0.4, -0.2) is 20.2 Å². The number of halogens is 1. The predicted octanol–water partition coefficient (Wildman–Crippen LogP) is 3.94. The number of hydrogen-bond acceptors (Lipinski definition) is 2. The Kier molecular flexibility index (Phi) is 4.52. The van der Waals surface area contributed by atoms with Crippen molar-refractivity contribution in [2.24, 2.45) is 0 Å². The summed E-state index contributed by atoms with van der Waals surface area (Å²) < 4.78 is 5.51. The number of piperidine rings is 1. The van der Waals surface area contributed by atoms with Crippen LogP contribution in [0.3, 0.4) is 0 Å². The van der Waals surface area contributed by atoms with Crippen molar-refractivity contribution in [3.63, 3.8) is 0 Å². The largest absolute Gasteiger partial charge is 0.495 e. The van der Waals surface area contributed by atoms with Crippen LogP contribution in [0.4, 0.5) is 0 Å². The number of benzene rings is 1. The molecule has 0 radical (unpaired) electrons. The SMILES string of the molecule is COc1c(Cl)cc(C(C)C)cc1C1CCNCC1. The van der Waals surface area contributed by atoms with E-state index in [1.807, 2.05) is 6.07 Å². The summed E-state index contributed by atoms with van der Waals surface area (Å²) in [6.07, 6.45) is 2.32. The van der Waals surface area contributed by atoms with E-state index in [-0.39, 0.29) is 0 Å². The normalized spacial score (nSPS) is 17.2. The van der Waals surface area contributed by atoms with Gasteiger partial charge in [-0.3, -0.25) is 0 Å². The number of nitrogens with one attached hydrogen (secondary N) is 1. The highest BCUT2D eigenvalue weighted by atomic mass is 35.5. The van der Waals surface area contributed by atoms with E-state index in [0.29, 0.717) is 11.8 Å². The molecule has 1 fully saturated rings. The Morgan fingerprint density at radius 1 is 1.28 bits per heavy atom. The molecule has 0 atom stereocenters. The van der Waals surface area contributed by atoms with Gasteiger partial charge in [-0.05, 0) is 55.0 Å². The molecule has 0 bridgehead atoms. The topological polar surface area (TPSA) is 21.3 Å². The van der Waals surface area contributed by atoms with Gasteiger partial charge in [-0.25, -0.2) is 0 Å². The highest BCUT2D eigenvalue weighted by Gasteiger charge is 2.21. The molecule has 1 aliphatic rings. The van der Waals surface area contributed by atoms with Crippen LogP contribution in [0.2, 0.25) is 5.02 Å². The molecule has 1 aliphatic heterocycles. The molecule has 2 rings (SSSR count). The Bertz CT molecular complexity index is 411. The molecule has 1 aromatic rings. The van der Waals surface area contributed by atoms with Crippen LogP contribution in [0, 0.1) is 0 Å². The highest BCUT2D eigenvalue weighted by Crippen LogP contribution is 2.39. The summed E-state index contributed by atoms with van der Waals surface area (Å²) in [4.78, 5) is 0. The van der Waals surface area contributed by atoms with E-state index in [1.165, 1.54) is 11.1 Å². The smallest absolute Gasteiger partial charge is 0.140 e. The van der Waals surface area contributed by atoms with Gasteiger partial charge in [0.2, 0.25) is 0 Å². The summed E-state index contributed by atoms with van der Waals surface area (Å²) in [5.74, 6) is 1.93. The number of rotatable bonds is 3. The fourth-order valence-electron chi connectivity index (χ4n) is 2.62. The molecule has 0 aromatic heterocycles. The molecular weight excluding hydrogens is 246 g/mol. The molecule has 1 saturated heterocycles. The van der Waals surface area contributed by atoms with Gasteiger partial charge in [-0.1, -0.05) is 31.5 Å². The molecule has 1 N–H and O–H groups in total. The maximum atomic E-state index is 6.36. The minimum Gasteiger partial charge on any atom is -0.495 e. The Morgan fingerprint density at radius 3 is 2.50 bits per heavy atom. The van der Waals surface area contributed by atoms with Crippen LogP contribution in [0.15, 0.2) is 12.1 Å². The molecule has 18 heavy (non-hydrogen) atoms. The second-order valence-corrected chi connectivity index (χ2v) is 5.71. The summed E-state index contributed by atoms with van der Waals surface area (Å²) in [6, 6.07) is 4.32. The van der Waals surface area contributed by atoms with Gasteiger partial charge in [0.05, 0.1) is 12.1 Å². The van der Waals surface area contributed by atoms with Crippen LogP contribution >= 0.6 is 11.6 Å². The zero-order chi connectivity index (χ0) is 13.1. The molecule has 0 saturated carbocycles. The highest BCUT2D eigenvalue weighted by molar-refractivity contribution is 6.32. The van der Waals surface area contributed by atoms with Crippen LogP contribution < -0.4 is 10.1 Å². The summed E-state index contributed by atoms with van der Waals surface area (Å²) in [6.45, 7) is 6.56. The number of methoxy groups -OCH3 is 1. The Hall–Kier alpha value is -0.730. The van der Waals surface area contributed by atoms with E-state index in [4.69, 9.17) is 16.3 Å². The fourth-order valence-corrected chi connectivity index (χ4v) is 2.93. The van der Waals surface area contributed by atoms with E-state index in [2.05, 4.69) is 25.2 Å². The Morgan fingerprint density at radius 2 is 1.94 bits per heavy atom. The van der Waals surface area contributed by atoms with E-state index in [9.17, 15) is 0 Å². The monoisotopic (exact) mass is 267 g/mol. The maximum Gasteiger partial charge on any atom is 0.140 e. The second kappa shape index (κ2) is 5.94. The van der Waals surface area contributed by atoms with Gasteiger partial charge < -0.3 is 10.1 Å². The van der Waals surface area contributed by atoms with Crippen molar-refractivity contribution in [3.05, 3.63) is 28.3 Å². The van der Waals surface area contributed by atoms with Crippen LogP contribution in [0.5, 0.6) is 5.75 Å². The summed E-state index contributed by atoms with van der Waals surface area (Å²) in [5, 5.41) is 4.15. The minimum atomic E-state index is 0.494. The Labute approximate surface area is 115 Å². The van der Waals surface area contributed by atoms with Gasteiger partial charge in [0, 0.05) is 0 Å². The molecule has 100 valence electrons. The molecule has 1 aromatic carbocycles. The average Bonchev–Trinajstić information content (AvgIpc) is 2.38. The fraction of sp³-hybridized carbons (Fsp3) is 0.600. The lowest BCUT2D eigenvalue weighted by Crippen LogP contribution is -2.27. The van der Waals surface area contributed by atoms with Gasteiger partial charge in [0.1, 0.15) is 5.75 Å². The molecule has 1 heterocycles. The molecule has 2 nitrogen and oxygen atoms in total.